The molecule has 0 aromatic carbocycles. The third kappa shape index (κ3) is 3.51. The Morgan fingerprint density at radius 3 is 2.08 bits per heavy atom. The van der Waals surface area contributed by atoms with E-state index in [-0.39, 0.29) is 23.6 Å². The summed E-state index contributed by atoms with van der Waals surface area (Å²) in [7, 11) is 1.36. The minimum absolute atomic E-state index is 0.0564. The van der Waals surface area contributed by atoms with Gasteiger partial charge in [0.1, 0.15) is 5.78 Å². The van der Waals surface area contributed by atoms with Crippen molar-refractivity contribution in [3.63, 3.8) is 0 Å². The number of hydrogen-bond acceptors (Lipinski definition) is 3. The molecule has 0 aromatic rings. The molecular formula is C9H16O3. The van der Waals surface area contributed by atoms with Gasteiger partial charge in [-0.05, 0) is 13.3 Å². The Hall–Kier alpha value is -0.860. The molecule has 0 bridgehead atoms. The summed E-state index contributed by atoms with van der Waals surface area (Å²) < 4.78 is 4.54. The van der Waals surface area contributed by atoms with Gasteiger partial charge in [0, 0.05) is 5.92 Å². The summed E-state index contributed by atoms with van der Waals surface area (Å²) in [6.07, 6.45) is 0.571. The number of carbonyl (C=O) groups excluding carboxylic acids is 2. The van der Waals surface area contributed by atoms with Crippen molar-refractivity contribution in [2.75, 3.05) is 7.11 Å². The lowest BCUT2D eigenvalue weighted by Gasteiger charge is -2.12. The quantitative estimate of drug-likeness (QED) is 0.602. The van der Waals surface area contributed by atoms with Crippen LogP contribution in [0.3, 0.4) is 0 Å². The molecular weight excluding hydrogens is 156 g/mol. The van der Waals surface area contributed by atoms with Crippen LogP contribution in [0.5, 0.6) is 0 Å². The zero-order valence-corrected chi connectivity index (χ0v) is 8.09. The first-order chi connectivity index (χ1) is 5.49. The third-order valence-electron chi connectivity index (χ3n) is 2.00. The normalized spacial score (nSPS) is 15.0. The number of hydrogen-bond donors (Lipinski definition) is 0. The molecule has 0 spiro atoms. The molecule has 0 aromatic heterocycles. The van der Waals surface area contributed by atoms with Crippen LogP contribution >= 0.6 is 0 Å². The predicted octanol–water partition coefficient (Wildman–Crippen LogP) is 1.41. The summed E-state index contributed by atoms with van der Waals surface area (Å²) in [6.45, 7) is 5.13. The fourth-order valence-corrected chi connectivity index (χ4v) is 0.994. The molecule has 0 saturated heterocycles. The molecule has 3 nitrogen and oxygen atoms in total. The lowest BCUT2D eigenvalue weighted by Crippen LogP contribution is -2.18. The van der Waals surface area contributed by atoms with Gasteiger partial charge in [0.25, 0.3) is 0 Å². The number of esters is 1. The number of carbonyl (C=O) groups is 2. The van der Waals surface area contributed by atoms with Crippen molar-refractivity contribution < 1.29 is 14.3 Å². The Bertz CT molecular complexity index is 175. The largest absolute Gasteiger partial charge is 0.469 e. The second-order valence-corrected chi connectivity index (χ2v) is 3.17. The van der Waals surface area contributed by atoms with Crippen LogP contribution in [0, 0.1) is 11.8 Å². The summed E-state index contributed by atoms with van der Waals surface area (Å²) >= 11 is 0. The van der Waals surface area contributed by atoms with Gasteiger partial charge in [-0.3, -0.25) is 9.59 Å². The van der Waals surface area contributed by atoms with Crippen LogP contribution in [0.2, 0.25) is 0 Å². The van der Waals surface area contributed by atoms with Crippen LogP contribution in [-0.2, 0) is 14.3 Å². The summed E-state index contributed by atoms with van der Waals surface area (Å²) in [5, 5.41) is 0. The van der Waals surface area contributed by atoms with Crippen LogP contribution in [0.1, 0.15) is 27.2 Å². The Morgan fingerprint density at radius 1 is 1.25 bits per heavy atom. The second-order valence-electron chi connectivity index (χ2n) is 3.17. The molecule has 0 N–H and O–H groups in total. The molecule has 2 atom stereocenters. The van der Waals surface area contributed by atoms with Crippen molar-refractivity contribution in [2.45, 2.75) is 27.2 Å². The van der Waals surface area contributed by atoms with Gasteiger partial charge in [-0.15, -0.1) is 0 Å². The average Bonchev–Trinajstić information content (AvgIpc) is 2.02. The molecule has 0 fully saturated rings. The molecule has 0 aliphatic carbocycles. The first kappa shape index (κ1) is 11.1. The molecule has 0 rings (SSSR count). The molecule has 0 amide bonds. The number of methoxy groups -OCH3 is 1. The Balaban J connectivity index is 3.91. The van der Waals surface area contributed by atoms with E-state index in [1.165, 1.54) is 14.0 Å². The SMILES string of the molecule is COC(=O)[C@@H](C)C[C@@H](C)C(C)=O. The Kier molecular flexibility index (Phi) is 4.55. The summed E-state index contributed by atoms with van der Waals surface area (Å²) in [4.78, 5) is 21.8. The van der Waals surface area contributed by atoms with E-state index in [9.17, 15) is 9.59 Å². The van der Waals surface area contributed by atoms with Crippen LogP contribution in [-0.4, -0.2) is 18.9 Å². The Morgan fingerprint density at radius 2 is 1.75 bits per heavy atom. The zero-order chi connectivity index (χ0) is 9.72. The highest BCUT2D eigenvalue weighted by Gasteiger charge is 2.18. The Labute approximate surface area is 73.1 Å². The van der Waals surface area contributed by atoms with Gasteiger partial charge in [-0.25, -0.2) is 0 Å². The van der Waals surface area contributed by atoms with Crippen molar-refractivity contribution in [3.8, 4) is 0 Å². The van der Waals surface area contributed by atoms with Crippen LogP contribution in [0.15, 0.2) is 0 Å². The van der Waals surface area contributed by atoms with E-state index in [1.807, 2.05) is 6.92 Å². The summed E-state index contributed by atoms with van der Waals surface area (Å²) in [6, 6.07) is 0. The highest BCUT2D eigenvalue weighted by molar-refractivity contribution is 5.79. The topological polar surface area (TPSA) is 43.4 Å². The maximum atomic E-state index is 10.9. The van der Waals surface area contributed by atoms with Crippen molar-refractivity contribution >= 4 is 11.8 Å². The van der Waals surface area contributed by atoms with Crippen LogP contribution in [0.25, 0.3) is 0 Å². The molecule has 0 saturated carbocycles. The molecule has 70 valence electrons. The van der Waals surface area contributed by atoms with Gasteiger partial charge in [0.2, 0.25) is 0 Å². The summed E-state index contributed by atoms with van der Waals surface area (Å²) in [5.41, 5.74) is 0. The number of ether oxygens (including phenoxy) is 1. The van der Waals surface area contributed by atoms with Gasteiger partial charge >= 0.3 is 5.97 Å². The van der Waals surface area contributed by atoms with Gasteiger partial charge in [-0.2, -0.15) is 0 Å². The van der Waals surface area contributed by atoms with E-state index in [2.05, 4.69) is 4.74 Å². The highest BCUT2D eigenvalue weighted by atomic mass is 16.5. The van der Waals surface area contributed by atoms with Crippen molar-refractivity contribution in [1.29, 1.82) is 0 Å². The van der Waals surface area contributed by atoms with Crippen molar-refractivity contribution in [1.82, 2.24) is 0 Å². The smallest absolute Gasteiger partial charge is 0.308 e. The number of ketones is 1. The number of rotatable bonds is 4. The summed E-state index contributed by atoms with van der Waals surface area (Å²) in [5.74, 6) is -0.373. The molecule has 0 heterocycles. The maximum Gasteiger partial charge on any atom is 0.308 e. The monoisotopic (exact) mass is 172 g/mol. The minimum atomic E-state index is -0.247. The lowest BCUT2D eigenvalue weighted by molar-refractivity contribution is -0.145. The van der Waals surface area contributed by atoms with E-state index < -0.39 is 0 Å². The molecule has 12 heavy (non-hydrogen) atoms. The standard InChI is InChI=1S/C9H16O3/c1-6(8(3)10)5-7(2)9(11)12-4/h6-7H,5H2,1-4H3/t6-,7+/m1/s1. The van der Waals surface area contributed by atoms with Gasteiger partial charge < -0.3 is 4.74 Å². The minimum Gasteiger partial charge on any atom is -0.469 e. The van der Waals surface area contributed by atoms with E-state index in [1.54, 1.807) is 6.92 Å². The van der Waals surface area contributed by atoms with E-state index in [0.29, 0.717) is 6.42 Å². The number of Topliss-reactive ketones (excluding diaryl/α,β-unsaturated/α-hetero) is 1. The lowest BCUT2D eigenvalue weighted by atomic mass is 9.95. The van der Waals surface area contributed by atoms with Gasteiger partial charge in [-0.1, -0.05) is 13.8 Å². The predicted molar refractivity (Wildman–Crippen MR) is 45.6 cm³/mol. The first-order valence-corrected chi connectivity index (χ1v) is 4.07. The average molecular weight is 172 g/mol. The van der Waals surface area contributed by atoms with Crippen molar-refractivity contribution in [2.24, 2.45) is 11.8 Å². The molecule has 3 heteroatoms. The molecule has 0 radical (unpaired) electrons. The van der Waals surface area contributed by atoms with E-state index in [0.717, 1.165) is 0 Å². The van der Waals surface area contributed by atoms with Crippen molar-refractivity contribution in [3.05, 3.63) is 0 Å². The van der Waals surface area contributed by atoms with Crippen LogP contribution < -0.4 is 0 Å². The maximum absolute atomic E-state index is 10.9. The van der Waals surface area contributed by atoms with Crippen LogP contribution in [0.4, 0.5) is 0 Å². The molecule has 0 aliphatic heterocycles. The van der Waals surface area contributed by atoms with Gasteiger partial charge in [0.05, 0.1) is 13.0 Å². The highest BCUT2D eigenvalue weighted by Crippen LogP contribution is 2.13. The van der Waals surface area contributed by atoms with E-state index in [4.69, 9.17) is 0 Å². The molecule has 0 aliphatic rings. The fourth-order valence-electron chi connectivity index (χ4n) is 0.994. The zero-order valence-electron chi connectivity index (χ0n) is 8.09. The fraction of sp³-hybridized carbons (Fsp3) is 0.778. The second kappa shape index (κ2) is 4.91. The van der Waals surface area contributed by atoms with E-state index >= 15 is 0 Å². The molecule has 0 unspecified atom stereocenters. The van der Waals surface area contributed by atoms with Gasteiger partial charge in [0.15, 0.2) is 0 Å². The first-order valence-electron chi connectivity index (χ1n) is 4.07. The third-order valence-corrected chi connectivity index (χ3v) is 2.00.